The van der Waals surface area contributed by atoms with E-state index in [1.54, 1.807) is 30.3 Å². The lowest BCUT2D eigenvalue weighted by Gasteiger charge is -2.07. The minimum atomic E-state index is -2.44. The van der Waals surface area contributed by atoms with Crippen LogP contribution in [0.2, 0.25) is 0 Å². The Morgan fingerprint density at radius 2 is 2.00 bits per heavy atom. The van der Waals surface area contributed by atoms with Crippen LogP contribution in [0.15, 0.2) is 30.3 Å². The number of aliphatic carboxylic acids is 1. The second-order valence-corrected chi connectivity index (χ2v) is 4.14. The van der Waals surface area contributed by atoms with Crippen LogP contribution in [0.1, 0.15) is 6.92 Å². The van der Waals surface area contributed by atoms with Crippen LogP contribution in [0.5, 0.6) is 0 Å². The molecule has 0 bridgehead atoms. The first-order valence-corrected chi connectivity index (χ1v) is 5.41. The molecular formula is C9H11O4P. The highest BCUT2D eigenvalue weighted by molar-refractivity contribution is 7.48. The van der Waals surface area contributed by atoms with E-state index in [1.165, 1.54) is 6.92 Å². The summed E-state index contributed by atoms with van der Waals surface area (Å²) in [5.41, 5.74) is 0. The van der Waals surface area contributed by atoms with Gasteiger partial charge in [0, 0.05) is 5.30 Å². The molecule has 0 aliphatic rings. The van der Waals surface area contributed by atoms with Gasteiger partial charge in [0.2, 0.25) is 8.03 Å². The molecule has 0 heterocycles. The summed E-state index contributed by atoms with van der Waals surface area (Å²) in [6.07, 6.45) is -1.04. The third-order valence-electron chi connectivity index (χ3n) is 1.64. The maximum absolute atomic E-state index is 11.5. The van der Waals surface area contributed by atoms with Crippen molar-refractivity contribution in [2.24, 2.45) is 0 Å². The summed E-state index contributed by atoms with van der Waals surface area (Å²) < 4.78 is 16.3. The fourth-order valence-corrected chi connectivity index (χ4v) is 1.88. The highest BCUT2D eigenvalue weighted by Crippen LogP contribution is 2.23. The van der Waals surface area contributed by atoms with E-state index in [9.17, 15) is 9.36 Å². The Morgan fingerprint density at radius 1 is 1.43 bits per heavy atom. The lowest BCUT2D eigenvalue weighted by Crippen LogP contribution is -2.18. The molecule has 0 saturated carbocycles. The Morgan fingerprint density at radius 3 is 2.50 bits per heavy atom. The van der Waals surface area contributed by atoms with E-state index in [0.717, 1.165) is 0 Å². The van der Waals surface area contributed by atoms with Gasteiger partial charge in [0.15, 0.2) is 6.10 Å². The highest BCUT2D eigenvalue weighted by Gasteiger charge is 2.15. The van der Waals surface area contributed by atoms with Gasteiger partial charge in [0.1, 0.15) is 0 Å². The molecule has 0 aliphatic carbocycles. The van der Waals surface area contributed by atoms with Crippen LogP contribution in [0, 0.1) is 0 Å². The summed E-state index contributed by atoms with van der Waals surface area (Å²) in [5, 5.41) is 9.06. The molecule has 1 N–H and O–H groups in total. The first-order valence-electron chi connectivity index (χ1n) is 4.10. The summed E-state index contributed by atoms with van der Waals surface area (Å²) in [4.78, 5) is 10.4. The second kappa shape index (κ2) is 4.94. The number of carboxylic acid groups (broad SMARTS) is 1. The maximum Gasteiger partial charge on any atom is 0.333 e. The van der Waals surface area contributed by atoms with Crippen molar-refractivity contribution in [1.29, 1.82) is 0 Å². The normalized spacial score (nSPS) is 14.6. The van der Waals surface area contributed by atoms with Gasteiger partial charge in [-0.25, -0.2) is 4.79 Å². The average Bonchev–Trinajstić information content (AvgIpc) is 2.19. The van der Waals surface area contributed by atoms with Gasteiger partial charge < -0.3 is 9.63 Å². The van der Waals surface area contributed by atoms with Crippen LogP contribution in [0.3, 0.4) is 0 Å². The zero-order valence-electron chi connectivity index (χ0n) is 7.64. The average molecular weight is 214 g/mol. The molecule has 0 aliphatic heterocycles. The van der Waals surface area contributed by atoms with Gasteiger partial charge in [0.25, 0.3) is 0 Å². The fourth-order valence-electron chi connectivity index (χ4n) is 0.853. The predicted molar refractivity (Wildman–Crippen MR) is 53.3 cm³/mol. The smallest absolute Gasteiger partial charge is 0.333 e. The first-order chi connectivity index (χ1) is 6.61. The monoisotopic (exact) mass is 214 g/mol. The van der Waals surface area contributed by atoms with E-state index in [2.05, 4.69) is 0 Å². The molecule has 2 atom stereocenters. The minimum absolute atomic E-state index is 0.533. The SMILES string of the molecule is CC(O[PH](=O)c1ccccc1)C(=O)O. The molecule has 0 fully saturated rings. The molecule has 1 rings (SSSR count). The molecule has 5 heteroatoms. The minimum Gasteiger partial charge on any atom is -0.479 e. The van der Waals surface area contributed by atoms with Gasteiger partial charge in [-0.15, -0.1) is 0 Å². The Bertz CT molecular complexity index is 336. The number of hydrogen-bond donors (Lipinski definition) is 1. The molecule has 0 radical (unpaired) electrons. The van der Waals surface area contributed by atoms with Crippen molar-refractivity contribution < 1.29 is 19.0 Å². The van der Waals surface area contributed by atoms with Gasteiger partial charge in [-0.3, -0.25) is 4.57 Å². The van der Waals surface area contributed by atoms with Crippen LogP contribution < -0.4 is 5.30 Å². The zero-order chi connectivity index (χ0) is 10.6. The van der Waals surface area contributed by atoms with E-state index >= 15 is 0 Å². The van der Waals surface area contributed by atoms with E-state index in [1.807, 2.05) is 0 Å². The number of carbonyl (C=O) groups is 1. The third kappa shape index (κ3) is 2.98. The van der Waals surface area contributed by atoms with E-state index in [-0.39, 0.29) is 0 Å². The Labute approximate surface area is 82.4 Å². The molecule has 1 aromatic rings. The molecule has 14 heavy (non-hydrogen) atoms. The van der Waals surface area contributed by atoms with Crippen LogP contribution in [-0.4, -0.2) is 17.2 Å². The molecule has 76 valence electrons. The molecule has 0 saturated heterocycles. The van der Waals surface area contributed by atoms with Crippen molar-refractivity contribution >= 4 is 19.3 Å². The molecule has 0 spiro atoms. The number of benzene rings is 1. The lowest BCUT2D eigenvalue weighted by molar-refractivity contribution is -0.143. The fraction of sp³-hybridized carbons (Fsp3) is 0.222. The van der Waals surface area contributed by atoms with Crippen molar-refractivity contribution in [2.45, 2.75) is 13.0 Å². The van der Waals surface area contributed by atoms with Gasteiger partial charge >= 0.3 is 5.97 Å². The van der Waals surface area contributed by atoms with Crippen molar-refractivity contribution in [2.75, 3.05) is 0 Å². The summed E-state index contributed by atoms with van der Waals surface area (Å²) in [5.74, 6) is -1.11. The largest absolute Gasteiger partial charge is 0.479 e. The van der Waals surface area contributed by atoms with Crippen molar-refractivity contribution in [3.63, 3.8) is 0 Å². The summed E-state index contributed by atoms with van der Waals surface area (Å²) >= 11 is 0. The molecule has 0 amide bonds. The summed E-state index contributed by atoms with van der Waals surface area (Å²) in [6, 6.07) is 8.55. The van der Waals surface area contributed by atoms with E-state index in [4.69, 9.17) is 9.63 Å². The molecule has 0 aromatic heterocycles. The van der Waals surface area contributed by atoms with Gasteiger partial charge in [-0.1, -0.05) is 18.2 Å². The molecular weight excluding hydrogens is 203 g/mol. The number of rotatable bonds is 4. The van der Waals surface area contributed by atoms with Crippen molar-refractivity contribution in [3.05, 3.63) is 30.3 Å². The Kier molecular flexibility index (Phi) is 3.86. The predicted octanol–water partition coefficient (Wildman–Crippen LogP) is 1.28. The zero-order valence-corrected chi connectivity index (χ0v) is 8.64. The topological polar surface area (TPSA) is 63.6 Å². The molecule has 2 unspecified atom stereocenters. The van der Waals surface area contributed by atoms with Crippen LogP contribution in [-0.2, 0) is 13.9 Å². The first kappa shape index (κ1) is 11.0. The third-order valence-corrected chi connectivity index (χ3v) is 3.01. The van der Waals surface area contributed by atoms with Crippen molar-refractivity contribution in [3.8, 4) is 0 Å². The quantitative estimate of drug-likeness (QED) is 0.766. The van der Waals surface area contributed by atoms with Gasteiger partial charge in [-0.05, 0) is 19.1 Å². The number of carboxylic acids is 1. The maximum atomic E-state index is 11.5. The summed E-state index contributed by atoms with van der Waals surface area (Å²) in [6.45, 7) is 1.36. The lowest BCUT2D eigenvalue weighted by atomic mass is 10.4. The van der Waals surface area contributed by atoms with E-state index < -0.39 is 20.1 Å². The van der Waals surface area contributed by atoms with Crippen LogP contribution in [0.4, 0.5) is 0 Å². The van der Waals surface area contributed by atoms with Gasteiger partial charge in [0.05, 0.1) is 0 Å². The highest BCUT2D eigenvalue weighted by atomic mass is 31.1. The van der Waals surface area contributed by atoms with E-state index in [0.29, 0.717) is 5.30 Å². The molecule has 1 aromatic carbocycles. The van der Waals surface area contributed by atoms with Crippen molar-refractivity contribution in [1.82, 2.24) is 0 Å². The van der Waals surface area contributed by atoms with Crippen LogP contribution >= 0.6 is 8.03 Å². The second-order valence-electron chi connectivity index (χ2n) is 2.75. The van der Waals surface area contributed by atoms with Crippen LogP contribution in [0.25, 0.3) is 0 Å². The molecule has 4 nitrogen and oxygen atoms in total. The Hall–Kier alpha value is -1.12. The summed E-state index contributed by atoms with van der Waals surface area (Å²) in [7, 11) is -2.44. The van der Waals surface area contributed by atoms with Gasteiger partial charge in [-0.2, -0.15) is 0 Å². The number of hydrogen-bond acceptors (Lipinski definition) is 3. The standard InChI is InChI=1S/C9H11O4P/c1-7(9(10)11)13-14(12)8-5-3-2-4-6-8/h2-7,14H,1H3,(H,10,11). The Balaban J connectivity index is 2.64.